The molecule has 24 heavy (non-hydrogen) atoms. The Labute approximate surface area is 141 Å². The summed E-state index contributed by atoms with van der Waals surface area (Å²) in [6.07, 6.45) is 5.25. The second kappa shape index (κ2) is 6.17. The van der Waals surface area contributed by atoms with Crippen LogP contribution < -0.4 is 4.74 Å². The third kappa shape index (κ3) is 2.61. The van der Waals surface area contributed by atoms with Gasteiger partial charge in [-0.25, -0.2) is 0 Å². The van der Waals surface area contributed by atoms with Gasteiger partial charge < -0.3 is 14.4 Å². The van der Waals surface area contributed by atoms with E-state index in [-0.39, 0.29) is 6.10 Å². The Morgan fingerprint density at radius 1 is 1.12 bits per heavy atom. The van der Waals surface area contributed by atoms with E-state index >= 15 is 0 Å². The van der Waals surface area contributed by atoms with Crippen molar-refractivity contribution in [3.8, 4) is 5.75 Å². The minimum atomic E-state index is -0.318. The van der Waals surface area contributed by atoms with E-state index < -0.39 is 0 Å². The summed E-state index contributed by atoms with van der Waals surface area (Å²) in [5.74, 6) is 0.884. The minimum absolute atomic E-state index is 0.318. The van der Waals surface area contributed by atoms with Gasteiger partial charge in [0.1, 0.15) is 12.4 Å². The standard InChI is InChI=1S/C21H21NO2/c1-22-19-11-5-9-16(23)13-18(19)17-10-6-12-20(21(17)22)24-14-15-7-3-2-4-8-15/h2-8,10-12,16,23H,9,13-14H2,1H3. The van der Waals surface area contributed by atoms with Gasteiger partial charge in [-0.05, 0) is 29.7 Å². The molecule has 1 unspecified atom stereocenters. The van der Waals surface area contributed by atoms with Gasteiger partial charge in [-0.15, -0.1) is 0 Å². The number of aryl methyl sites for hydroxylation is 1. The normalized spacial score (nSPS) is 16.8. The number of hydrogen-bond donors (Lipinski definition) is 1. The molecule has 4 rings (SSSR count). The monoisotopic (exact) mass is 319 g/mol. The van der Waals surface area contributed by atoms with Crippen LogP contribution in [-0.4, -0.2) is 15.8 Å². The van der Waals surface area contributed by atoms with Crippen molar-refractivity contribution in [2.24, 2.45) is 7.05 Å². The molecule has 0 fully saturated rings. The van der Waals surface area contributed by atoms with Gasteiger partial charge in [-0.1, -0.05) is 48.5 Å². The summed E-state index contributed by atoms with van der Waals surface area (Å²) >= 11 is 0. The molecule has 3 aromatic rings. The molecule has 1 aliphatic carbocycles. The average molecular weight is 319 g/mol. The first kappa shape index (κ1) is 15.0. The summed E-state index contributed by atoms with van der Waals surface area (Å²) in [5, 5.41) is 11.3. The fourth-order valence-corrected chi connectivity index (χ4v) is 3.51. The van der Waals surface area contributed by atoms with Gasteiger partial charge in [0.05, 0.1) is 11.6 Å². The number of para-hydroxylation sites is 1. The zero-order valence-corrected chi connectivity index (χ0v) is 13.8. The Hall–Kier alpha value is -2.52. The van der Waals surface area contributed by atoms with Crippen LogP contribution in [0.25, 0.3) is 17.0 Å². The van der Waals surface area contributed by atoms with Crippen LogP contribution in [0.2, 0.25) is 0 Å². The lowest BCUT2D eigenvalue weighted by Gasteiger charge is -2.10. The Balaban J connectivity index is 1.76. The number of benzene rings is 2. The topological polar surface area (TPSA) is 34.4 Å². The molecule has 3 nitrogen and oxygen atoms in total. The van der Waals surface area contributed by atoms with Crippen LogP contribution in [0.3, 0.4) is 0 Å². The number of rotatable bonds is 3. The van der Waals surface area contributed by atoms with Gasteiger partial charge in [0, 0.05) is 24.5 Å². The van der Waals surface area contributed by atoms with Crippen molar-refractivity contribution in [3.05, 3.63) is 71.4 Å². The van der Waals surface area contributed by atoms with Gasteiger partial charge in [0.2, 0.25) is 0 Å². The lowest BCUT2D eigenvalue weighted by atomic mass is 10.0. The van der Waals surface area contributed by atoms with Crippen LogP contribution in [0.15, 0.2) is 54.6 Å². The SMILES string of the molecule is Cn1c2c(c3cccc(OCc4ccccc4)c31)CC(O)CC=C2. The first-order valence-corrected chi connectivity index (χ1v) is 8.35. The Morgan fingerprint density at radius 3 is 2.79 bits per heavy atom. The number of ether oxygens (including phenoxy) is 1. The number of aromatic nitrogens is 1. The molecule has 1 N–H and O–H groups in total. The first-order chi connectivity index (χ1) is 11.7. The van der Waals surface area contributed by atoms with Gasteiger partial charge >= 0.3 is 0 Å². The second-order valence-corrected chi connectivity index (χ2v) is 6.35. The van der Waals surface area contributed by atoms with Gasteiger partial charge in [0.15, 0.2) is 0 Å². The van der Waals surface area contributed by atoms with Crippen molar-refractivity contribution >= 4 is 17.0 Å². The van der Waals surface area contributed by atoms with Crippen molar-refractivity contribution in [1.82, 2.24) is 4.57 Å². The van der Waals surface area contributed by atoms with E-state index in [1.165, 1.54) is 10.9 Å². The summed E-state index contributed by atoms with van der Waals surface area (Å²) in [4.78, 5) is 0. The predicted molar refractivity (Wildman–Crippen MR) is 97.1 cm³/mol. The summed E-state index contributed by atoms with van der Waals surface area (Å²) in [6.45, 7) is 0.550. The Bertz CT molecular complexity index is 893. The molecule has 1 atom stereocenters. The molecule has 3 heteroatoms. The average Bonchev–Trinajstić information content (AvgIpc) is 2.75. The summed E-state index contributed by atoms with van der Waals surface area (Å²) < 4.78 is 8.29. The predicted octanol–water partition coefficient (Wildman–Crippen LogP) is 4.08. The van der Waals surface area contributed by atoms with Crippen molar-refractivity contribution in [1.29, 1.82) is 0 Å². The molecule has 2 aromatic carbocycles. The number of aliphatic hydroxyl groups excluding tert-OH is 1. The van der Waals surface area contributed by atoms with Crippen LogP contribution in [-0.2, 0) is 20.1 Å². The molecule has 0 spiro atoms. The van der Waals surface area contributed by atoms with Crippen LogP contribution in [0, 0.1) is 0 Å². The highest BCUT2D eigenvalue weighted by atomic mass is 16.5. The summed E-state index contributed by atoms with van der Waals surface area (Å²) in [7, 11) is 2.07. The summed E-state index contributed by atoms with van der Waals surface area (Å²) in [5.41, 5.74) is 4.62. The van der Waals surface area contributed by atoms with E-state index in [0.29, 0.717) is 19.4 Å². The zero-order chi connectivity index (χ0) is 16.5. The largest absolute Gasteiger partial charge is 0.487 e. The maximum atomic E-state index is 10.1. The first-order valence-electron chi connectivity index (χ1n) is 8.35. The molecule has 122 valence electrons. The van der Waals surface area contributed by atoms with Crippen LogP contribution in [0.5, 0.6) is 5.75 Å². The van der Waals surface area contributed by atoms with Gasteiger partial charge in [-0.2, -0.15) is 0 Å². The number of hydrogen-bond acceptors (Lipinski definition) is 2. The van der Waals surface area contributed by atoms with Gasteiger partial charge in [0.25, 0.3) is 0 Å². The summed E-state index contributed by atoms with van der Waals surface area (Å²) in [6, 6.07) is 16.4. The second-order valence-electron chi connectivity index (χ2n) is 6.35. The maximum Gasteiger partial charge on any atom is 0.144 e. The van der Waals surface area contributed by atoms with E-state index in [9.17, 15) is 5.11 Å². The lowest BCUT2D eigenvalue weighted by molar-refractivity contribution is 0.179. The molecule has 1 heterocycles. The van der Waals surface area contributed by atoms with Crippen molar-refractivity contribution in [3.63, 3.8) is 0 Å². The van der Waals surface area contributed by atoms with Crippen molar-refractivity contribution in [2.75, 3.05) is 0 Å². The number of aliphatic hydroxyl groups is 1. The number of fused-ring (bicyclic) bond motifs is 3. The molecule has 1 aliphatic rings. The van der Waals surface area contributed by atoms with Crippen molar-refractivity contribution in [2.45, 2.75) is 25.6 Å². The highest BCUT2D eigenvalue weighted by molar-refractivity contribution is 5.92. The smallest absolute Gasteiger partial charge is 0.144 e. The minimum Gasteiger partial charge on any atom is -0.487 e. The third-order valence-corrected chi connectivity index (χ3v) is 4.69. The highest BCUT2D eigenvalue weighted by Crippen LogP contribution is 2.35. The van der Waals surface area contributed by atoms with E-state index in [1.54, 1.807) is 0 Å². The molecule has 0 radical (unpaired) electrons. The van der Waals surface area contributed by atoms with E-state index in [4.69, 9.17) is 4.74 Å². The van der Waals surface area contributed by atoms with E-state index in [1.807, 2.05) is 30.3 Å². The number of nitrogens with zero attached hydrogens (tertiary/aromatic N) is 1. The molecular weight excluding hydrogens is 298 g/mol. The Kier molecular flexibility index (Phi) is 3.87. The van der Waals surface area contributed by atoms with Crippen LogP contribution in [0.1, 0.15) is 23.2 Å². The molecule has 0 saturated carbocycles. The molecule has 0 amide bonds. The zero-order valence-electron chi connectivity index (χ0n) is 13.8. The highest BCUT2D eigenvalue weighted by Gasteiger charge is 2.20. The van der Waals surface area contributed by atoms with E-state index in [0.717, 1.165) is 22.5 Å². The molecule has 0 saturated heterocycles. The van der Waals surface area contributed by atoms with Gasteiger partial charge in [-0.3, -0.25) is 0 Å². The fraction of sp³-hybridized carbons (Fsp3) is 0.238. The maximum absolute atomic E-state index is 10.1. The molecule has 0 bridgehead atoms. The van der Waals surface area contributed by atoms with E-state index in [2.05, 4.69) is 42.0 Å². The van der Waals surface area contributed by atoms with Crippen LogP contribution in [0.4, 0.5) is 0 Å². The molecule has 0 aliphatic heterocycles. The Morgan fingerprint density at radius 2 is 1.96 bits per heavy atom. The lowest BCUT2D eigenvalue weighted by Crippen LogP contribution is -2.07. The fourth-order valence-electron chi connectivity index (χ4n) is 3.51. The van der Waals surface area contributed by atoms with Crippen molar-refractivity contribution < 1.29 is 9.84 Å². The van der Waals surface area contributed by atoms with Crippen LogP contribution >= 0.6 is 0 Å². The molecule has 1 aromatic heterocycles. The third-order valence-electron chi connectivity index (χ3n) is 4.69. The quantitative estimate of drug-likeness (QED) is 0.789. The molecular formula is C21H21NO2.